The third kappa shape index (κ3) is 6.00. The number of thioether (sulfide) groups is 1. The number of piperidine rings is 1. The topological polar surface area (TPSA) is 36.4 Å². The van der Waals surface area contributed by atoms with Crippen molar-refractivity contribution in [3.05, 3.63) is 58.0 Å². The maximum Gasteiger partial charge on any atom is 0.0862 e. The van der Waals surface area contributed by atoms with Crippen LogP contribution >= 0.6 is 23.4 Å². The van der Waals surface area contributed by atoms with Gasteiger partial charge in [-0.1, -0.05) is 48.2 Å². The molecular formula is C19H26ClN3S. The minimum absolute atomic E-state index is 0.0391. The molecule has 1 atom stereocenters. The number of hydrogen-bond donors (Lipinski definition) is 2. The van der Waals surface area contributed by atoms with E-state index in [1.54, 1.807) is 25.1 Å². The first-order valence-corrected chi connectivity index (χ1v) is 9.63. The quantitative estimate of drug-likeness (QED) is 0.318. The Kier molecular flexibility index (Phi) is 8.43. The van der Waals surface area contributed by atoms with Gasteiger partial charge in [0.1, 0.15) is 0 Å². The third-order valence-electron chi connectivity index (χ3n) is 3.91. The van der Waals surface area contributed by atoms with Crippen LogP contribution in [-0.4, -0.2) is 31.9 Å². The van der Waals surface area contributed by atoms with E-state index < -0.39 is 0 Å². The van der Waals surface area contributed by atoms with Crippen molar-refractivity contribution in [1.29, 1.82) is 0 Å². The molecule has 0 saturated carbocycles. The number of alkyl halides is 1. The van der Waals surface area contributed by atoms with Gasteiger partial charge in [-0.3, -0.25) is 4.99 Å². The van der Waals surface area contributed by atoms with Crippen LogP contribution in [0.4, 0.5) is 0 Å². The molecule has 3 nitrogen and oxygen atoms in total. The highest BCUT2D eigenvalue weighted by Gasteiger charge is 2.20. The normalized spacial score (nSPS) is 23.5. The van der Waals surface area contributed by atoms with Crippen LogP contribution in [-0.2, 0) is 0 Å². The van der Waals surface area contributed by atoms with Crippen LogP contribution in [0.15, 0.2) is 63.0 Å². The second-order valence-electron chi connectivity index (χ2n) is 5.69. The molecule has 0 aromatic heterocycles. The number of nitrogens with zero attached hydrogens (tertiary/aromatic N) is 1. The average molecular weight is 364 g/mol. The number of rotatable bonds is 6. The van der Waals surface area contributed by atoms with Gasteiger partial charge in [-0.15, -0.1) is 11.6 Å². The van der Waals surface area contributed by atoms with E-state index in [2.05, 4.69) is 46.9 Å². The molecular weight excluding hydrogens is 338 g/mol. The number of hydrogen-bond acceptors (Lipinski definition) is 3. The molecule has 0 aromatic rings. The van der Waals surface area contributed by atoms with Gasteiger partial charge < -0.3 is 10.6 Å². The number of nitrogens with one attached hydrogen (secondary N) is 2. The van der Waals surface area contributed by atoms with Gasteiger partial charge >= 0.3 is 0 Å². The molecule has 1 heterocycles. The van der Waals surface area contributed by atoms with Crippen LogP contribution in [0.2, 0.25) is 0 Å². The summed E-state index contributed by atoms with van der Waals surface area (Å²) < 4.78 is 0. The molecule has 5 heteroatoms. The fraction of sp³-hybridized carbons (Fsp3) is 0.421. The third-order valence-corrected chi connectivity index (χ3v) is 5.28. The van der Waals surface area contributed by atoms with Crippen molar-refractivity contribution in [3.8, 4) is 0 Å². The van der Waals surface area contributed by atoms with E-state index in [1.165, 1.54) is 15.5 Å². The number of aliphatic imine (C=N–C) groups is 1. The lowest BCUT2D eigenvalue weighted by molar-refractivity contribution is 0.411. The second-order valence-corrected chi connectivity index (χ2v) is 7.31. The van der Waals surface area contributed by atoms with E-state index in [0.29, 0.717) is 5.92 Å². The van der Waals surface area contributed by atoms with E-state index >= 15 is 0 Å². The second kappa shape index (κ2) is 10.6. The fourth-order valence-corrected chi connectivity index (χ4v) is 3.97. The summed E-state index contributed by atoms with van der Waals surface area (Å²) in [6, 6.07) is 0. The summed E-state index contributed by atoms with van der Waals surface area (Å²) in [5.74, 6) is 0.523. The van der Waals surface area contributed by atoms with Gasteiger partial charge in [0.25, 0.3) is 0 Å². The van der Waals surface area contributed by atoms with Gasteiger partial charge in [0.2, 0.25) is 0 Å². The fourth-order valence-electron chi connectivity index (χ4n) is 2.72. The molecule has 1 fully saturated rings. The molecule has 2 rings (SSSR count). The molecule has 1 aliphatic heterocycles. The lowest BCUT2D eigenvalue weighted by Gasteiger charge is -2.27. The summed E-state index contributed by atoms with van der Waals surface area (Å²) in [5, 5.41) is 6.83. The van der Waals surface area contributed by atoms with E-state index in [0.717, 1.165) is 25.9 Å². The number of allylic oxidation sites excluding steroid dienone is 8. The van der Waals surface area contributed by atoms with E-state index in [1.807, 2.05) is 18.2 Å². The smallest absolute Gasteiger partial charge is 0.0862 e. The van der Waals surface area contributed by atoms with E-state index in [9.17, 15) is 0 Å². The first kappa shape index (κ1) is 19.1. The zero-order valence-corrected chi connectivity index (χ0v) is 15.9. The molecule has 130 valence electrons. The van der Waals surface area contributed by atoms with Crippen molar-refractivity contribution < 1.29 is 0 Å². The minimum atomic E-state index is -0.0391. The molecule has 2 N–H and O–H groups in total. The van der Waals surface area contributed by atoms with Gasteiger partial charge in [-0.2, -0.15) is 0 Å². The summed E-state index contributed by atoms with van der Waals surface area (Å²) in [5.41, 5.74) is 1.26. The summed E-state index contributed by atoms with van der Waals surface area (Å²) >= 11 is 7.93. The van der Waals surface area contributed by atoms with Crippen molar-refractivity contribution in [1.82, 2.24) is 10.6 Å². The van der Waals surface area contributed by atoms with Crippen molar-refractivity contribution in [2.24, 2.45) is 10.9 Å². The van der Waals surface area contributed by atoms with Crippen molar-refractivity contribution in [3.63, 3.8) is 0 Å². The van der Waals surface area contributed by atoms with E-state index in [4.69, 9.17) is 11.6 Å². The van der Waals surface area contributed by atoms with Gasteiger partial charge in [-0.25, -0.2) is 0 Å². The zero-order chi connectivity index (χ0) is 17.2. The molecule has 1 saturated heterocycles. The van der Waals surface area contributed by atoms with Crippen LogP contribution in [0.1, 0.15) is 19.8 Å². The highest BCUT2D eigenvalue weighted by Crippen LogP contribution is 2.34. The Balaban J connectivity index is 2.30. The maximum absolute atomic E-state index is 6.16. The molecule has 24 heavy (non-hydrogen) atoms. The van der Waals surface area contributed by atoms with E-state index in [-0.39, 0.29) is 5.38 Å². The first-order valence-electron chi connectivity index (χ1n) is 8.38. The van der Waals surface area contributed by atoms with Gasteiger partial charge in [0.05, 0.1) is 11.7 Å². The molecule has 0 bridgehead atoms. The molecule has 1 aliphatic carbocycles. The van der Waals surface area contributed by atoms with Crippen LogP contribution in [0, 0.1) is 5.92 Å². The predicted molar refractivity (Wildman–Crippen MR) is 109 cm³/mol. The molecule has 0 aromatic carbocycles. The van der Waals surface area contributed by atoms with Gasteiger partial charge in [-0.05, 0) is 38.9 Å². The van der Waals surface area contributed by atoms with Crippen molar-refractivity contribution in [2.75, 3.05) is 20.1 Å². The highest BCUT2D eigenvalue weighted by atomic mass is 35.5. The van der Waals surface area contributed by atoms with Crippen LogP contribution in [0.5, 0.6) is 0 Å². The number of halogens is 1. The minimum Gasteiger partial charge on any atom is -0.349 e. The lowest BCUT2D eigenvalue weighted by Crippen LogP contribution is -2.32. The molecule has 0 spiro atoms. The summed E-state index contributed by atoms with van der Waals surface area (Å²) in [6.07, 6.45) is 18.6. The van der Waals surface area contributed by atoms with Crippen LogP contribution < -0.4 is 10.6 Å². The standard InChI is InChI=1S/C19H26ClN3S/c1-3-5-18(24-17-7-4-6-16(20)8-9-17)19(23-14-21-2)15-10-12-22-13-11-15/h3-9,14-16,22H,10-13H2,1-2H3,(H,21,23)/b5-3+,19-18+. The predicted octanol–water partition coefficient (Wildman–Crippen LogP) is 4.37. The highest BCUT2D eigenvalue weighted by molar-refractivity contribution is 8.07. The monoisotopic (exact) mass is 363 g/mol. The molecule has 2 aliphatic rings. The molecule has 0 amide bonds. The van der Waals surface area contributed by atoms with Crippen LogP contribution in [0.25, 0.3) is 0 Å². The molecule has 1 unspecified atom stereocenters. The zero-order valence-electron chi connectivity index (χ0n) is 14.3. The Labute approximate surface area is 154 Å². The Morgan fingerprint density at radius 2 is 2.17 bits per heavy atom. The van der Waals surface area contributed by atoms with Gasteiger partial charge in [0, 0.05) is 28.5 Å². The Morgan fingerprint density at radius 3 is 2.88 bits per heavy atom. The largest absolute Gasteiger partial charge is 0.349 e. The lowest BCUT2D eigenvalue weighted by atomic mass is 9.94. The Hall–Kier alpha value is -1.23. The Bertz CT molecular complexity index is 581. The maximum atomic E-state index is 6.16. The van der Waals surface area contributed by atoms with Crippen molar-refractivity contribution in [2.45, 2.75) is 25.1 Å². The van der Waals surface area contributed by atoms with Crippen LogP contribution in [0.3, 0.4) is 0 Å². The Morgan fingerprint density at radius 1 is 1.38 bits per heavy atom. The SMILES string of the molecule is C/C=C/C(SC1=CC=CC(Cl)C=C1)=C(\NC=NC)C1CCNCC1. The van der Waals surface area contributed by atoms with Gasteiger partial charge in [0.15, 0.2) is 0 Å². The van der Waals surface area contributed by atoms with Crippen molar-refractivity contribution >= 4 is 29.7 Å². The average Bonchev–Trinajstić information content (AvgIpc) is 2.81. The molecule has 0 radical (unpaired) electrons. The summed E-state index contributed by atoms with van der Waals surface area (Å²) in [6.45, 7) is 4.18. The first-order chi connectivity index (χ1) is 11.7. The summed E-state index contributed by atoms with van der Waals surface area (Å²) in [7, 11) is 1.79. The summed E-state index contributed by atoms with van der Waals surface area (Å²) in [4.78, 5) is 6.53.